The van der Waals surface area contributed by atoms with E-state index in [2.05, 4.69) is 5.32 Å². The summed E-state index contributed by atoms with van der Waals surface area (Å²) in [6.45, 7) is 2.02. The predicted octanol–water partition coefficient (Wildman–Crippen LogP) is -1.41. The minimum atomic E-state index is -1.77. The largest absolute Gasteiger partial charge is 0.465 e. The molecule has 0 saturated carbocycles. The van der Waals surface area contributed by atoms with Gasteiger partial charge in [-0.1, -0.05) is 0 Å². The molecule has 1 aliphatic heterocycles. The number of carbonyl (C=O) groups is 1. The van der Waals surface area contributed by atoms with E-state index in [-0.39, 0.29) is 13.0 Å². The average molecular weight is 175 g/mol. The third kappa shape index (κ3) is 2.17. The molecular formula is C7H13NO4. The van der Waals surface area contributed by atoms with Crippen molar-refractivity contribution in [2.24, 2.45) is 0 Å². The molecule has 0 aromatic carbocycles. The molecule has 1 rings (SSSR count). The van der Waals surface area contributed by atoms with Crippen LogP contribution in [0.1, 0.15) is 13.3 Å². The standard InChI is InChI=1S/C7H13NO4/c1-2-12-6(9)5-3-7(10,11)4-8-5/h5,8,10-11H,2-4H2,1H3/t5-/m0/s1. The number of ether oxygens (including phenoxy) is 1. The van der Waals surface area contributed by atoms with Gasteiger partial charge in [-0.2, -0.15) is 0 Å². The number of hydrogen-bond donors (Lipinski definition) is 3. The molecule has 0 aromatic rings. The molecule has 5 nitrogen and oxygen atoms in total. The number of hydrogen-bond acceptors (Lipinski definition) is 5. The van der Waals surface area contributed by atoms with Gasteiger partial charge in [-0.05, 0) is 6.92 Å². The van der Waals surface area contributed by atoms with Crippen LogP contribution in [0.2, 0.25) is 0 Å². The maximum absolute atomic E-state index is 11.0. The van der Waals surface area contributed by atoms with E-state index in [1.165, 1.54) is 0 Å². The van der Waals surface area contributed by atoms with Gasteiger partial charge >= 0.3 is 5.97 Å². The first kappa shape index (κ1) is 9.44. The van der Waals surface area contributed by atoms with Gasteiger partial charge in [-0.25, -0.2) is 0 Å². The minimum Gasteiger partial charge on any atom is -0.465 e. The second-order valence-corrected chi connectivity index (χ2v) is 2.87. The SMILES string of the molecule is CCOC(=O)[C@@H]1CC(O)(O)CN1. The monoisotopic (exact) mass is 175 g/mol. The smallest absolute Gasteiger partial charge is 0.323 e. The van der Waals surface area contributed by atoms with Gasteiger partial charge in [0.1, 0.15) is 6.04 Å². The lowest BCUT2D eigenvalue weighted by molar-refractivity contribution is -0.155. The topological polar surface area (TPSA) is 78.8 Å². The van der Waals surface area contributed by atoms with Gasteiger partial charge < -0.3 is 14.9 Å². The molecule has 5 heteroatoms. The van der Waals surface area contributed by atoms with Crippen molar-refractivity contribution in [1.29, 1.82) is 0 Å². The van der Waals surface area contributed by atoms with Crippen LogP contribution in [0, 0.1) is 0 Å². The Kier molecular flexibility index (Phi) is 2.66. The van der Waals surface area contributed by atoms with Crippen LogP contribution in [0.3, 0.4) is 0 Å². The Morgan fingerprint density at radius 1 is 1.75 bits per heavy atom. The molecule has 12 heavy (non-hydrogen) atoms. The normalized spacial score (nSPS) is 27.1. The maximum atomic E-state index is 11.0. The highest BCUT2D eigenvalue weighted by atomic mass is 16.5. The van der Waals surface area contributed by atoms with E-state index < -0.39 is 17.8 Å². The fourth-order valence-electron chi connectivity index (χ4n) is 1.17. The summed E-state index contributed by atoms with van der Waals surface area (Å²) in [6, 6.07) is -0.583. The van der Waals surface area contributed by atoms with E-state index in [0.717, 1.165) is 0 Å². The Balaban J connectivity index is 2.41. The van der Waals surface area contributed by atoms with E-state index in [9.17, 15) is 4.79 Å². The number of β-amino-alcohol motifs (C(OH)–C–C–N with tert-alkyl or cyclic N) is 2. The predicted molar refractivity (Wildman–Crippen MR) is 40.2 cm³/mol. The lowest BCUT2D eigenvalue weighted by Crippen LogP contribution is -2.32. The fourth-order valence-corrected chi connectivity index (χ4v) is 1.17. The van der Waals surface area contributed by atoms with E-state index in [1.807, 2.05) is 0 Å². The summed E-state index contributed by atoms with van der Waals surface area (Å²) in [5, 5.41) is 20.8. The first-order valence-corrected chi connectivity index (χ1v) is 3.90. The molecule has 3 N–H and O–H groups in total. The minimum absolute atomic E-state index is 0.00810. The molecule has 0 aliphatic carbocycles. The summed E-state index contributed by atoms with van der Waals surface area (Å²) in [5.74, 6) is -2.19. The average Bonchev–Trinajstić information content (AvgIpc) is 2.31. The van der Waals surface area contributed by atoms with Crippen LogP contribution in [-0.4, -0.2) is 41.2 Å². The maximum Gasteiger partial charge on any atom is 0.323 e. The van der Waals surface area contributed by atoms with Crippen LogP contribution < -0.4 is 5.32 Å². The van der Waals surface area contributed by atoms with Gasteiger partial charge in [0.15, 0.2) is 5.79 Å². The summed E-state index contributed by atoms with van der Waals surface area (Å²) in [5.41, 5.74) is 0. The molecule has 1 saturated heterocycles. The van der Waals surface area contributed by atoms with Crippen LogP contribution in [0.5, 0.6) is 0 Å². The van der Waals surface area contributed by atoms with Crippen LogP contribution in [-0.2, 0) is 9.53 Å². The molecule has 0 bridgehead atoms. The third-order valence-corrected chi connectivity index (χ3v) is 1.73. The van der Waals surface area contributed by atoms with Crippen LogP contribution >= 0.6 is 0 Å². The Labute approximate surface area is 70.3 Å². The second-order valence-electron chi connectivity index (χ2n) is 2.87. The van der Waals surface area contributed by atoms with E-state index in [4.69, 9.17) is 14.9 Å². The molecule has 70 valence electrons. The molecule has 1 fully saturated rings. The van der Waals surface area contributed by atoms with Crippen molar-refractivity contribution < 1.29 is 19.7 Å². The highest BCUT2D eigenvalue weighted by Gasteiger charge is 2.39. The van der Waals surface area contributed by atoms with Crippen molar-refractivity contribution in [3.8, 4) is 0 Å². The van der Waals surface area contributed by atoms with Gasteiger partial charge in [0, 0.05) is 6.42 Å². The van der Waals surface area contributed by atoms with Gasteiger partial charge in [0.25, 0.3) is 0 Å². The van der Waals surface area contributed by atoms with Crippen molar-refractivity contribution in [2.45, 2.75) is 25.2 Å². The van der Waals surface area contributed by atoms with Crippen molar-refractivity contribution in [3.63, 3.8) is 0 Å². The lowest BCUT2D eigenvalue weighted by Gasteiger charge is -2.12. The second kappa shape index (κ2) is 3.38. The number of nitrogens with one attached hydrogen (secondary N) is 1. The van der Waals surface area contributed by atoms with E-state index in [0.29, 0.717) is 6.61 Å². The zero-order valence-electron chi connectivity index (χ0n) is 6.91. The first-order valence-electron chi connectivity index (χ1n) is 3.90. The summed E-state index contributed by atoms with van der Waals surface area (Å²) in [6.07, 6.45) is -0.00810. The van der Waals surface area contributed by atoms with Crippen LogP contribution in [0.4, 0.5) is 0 Å². The van der Waals surface area contributed by atoms with Crippen LogP contribution in [0.15, 0.2) is 0 Å². The molecule has 1 atom stereocenters. The Morgan fingerprint density at radius 2 is 2.42 bits per heavy atom. The van der Waals surface area contributed by atoms with Gasteiger partial charge in [0.05, 0.1) is 13.2 Å². The molecule has 0 aromatic heterocycles. The molecule has 0 unspecified atom stereocenters. The Hall–Kier alpha value is -0.650. The molecule has 0 spiro atoms. The van der Waals surface area contributed by atoms with Gasteiger partial charge in [-0.15, -0.1) is 0 Å². The number of aliphatic hydroxyl groups is 2. The molecule has 0 amide bonds. The van der Waals surface area contributed by atoms with E-state index in [1.54, 1.807) is 6.92 Å². The Morgan fingerprint density at radius 3 is 2.83 bits per heavy atom. The van der Waals surface area contributed by atoms with Crippen molar-refractivity contribution >= 4 is 5.97 Å². The van der Waals surface area contributed by atoms with Crippen molar-refractivity contribution in [1.82, 2.24) is 5.32 Å². The fraction of sp³-hybridized carbons (Fsp3) is 0.857. The quantitative estimate of drug-likeness (QED) is 0.355. The number of esters is 1. The number of carbonyl (C=O) groups excluding carboxylic acids is 1. The number of rotatable bonds is 2. The highest BCUT2D eigenvalue weighted by molar-refractivity contribution is 5.76. The molecule has 1 heterocycles. The third-order valence-electron chi connectivity index (χ3n) is 1.73. The first-order chi connectivity index (χ1) is 5.55. The molecular weight excluding hydrogens is 162 g/mol. The van der Waals surface area contributed by atoms with Crippen LogP contribution in [0.25, 0.3) is 0 Å². The zero-order valence-corrected chi connectivity index (χ0v) is 6.91. The van der Waals surface area contributed by atoms with Crippen molar-refractivity contribution in [2.75, 3.05) is 13.2 Å². The zero-order chi connectivity index (χ0) is 9.19. The molecule has 0 radical (unpaired) electrons. The molecule has 1 aliphatic rings. The summed E-state index contributed by atoms with van der Waals surface area (Å²) in [7, 11) is 0. The Bertz CT molecular complexity index is 180. The van der Waals surface area contributed by atoms with Gasteiger partial charge in [-0.3, -0.25) is 10.1 Å². The highest BCUT2D eigenvalue weighted by Crippen LogP contribution is 2.16. The van der Waals surface area contributed by atoms with Gasteiger partial charge in [0.2, 0.25) is 0 Å². The lowest BCUT2D eigenvalue weighted by atomic mass is 10.1. The summed E-state index contributed by atoms with van der Waals surface area (Å²) >= 11 is 0. The summed E-state index contributed by atoms with van der Waals surface area (Å²) in [4.78, 5) is 11.0. The van der Waals surface area contributed by atoms with Crippen molar-refractivity contribution in [3.05, 3.63) is 0 Å². The summed E-state index contributed by atoms with van der Waals surface area (Å²) < 4.78 is 4.70. The van der Waals surface area contributed by atoms with E-state index >= 15 is 0 Å².